The van der Waals surface area contributed by atoms with Gasteiger partial charge in [-0.05, 0) is 57.9 Å². The van der Waals surface area contributed by atoms with E-state index in [1.54, 1.807) is 6.92 Å². The summed E-state index contributed by atoms with van der Waals surface area (Å²) in [4.78, 5) is 13.9. The third-order valence-electron chi connectivity index (χ3n) is 4.00. The summed E-state index contributed by atoms with van der Waals surface area (Å²) in [5.41, 5.74) is 1.88. The molecule has 0 heterocycles. The van der Waals surface area contributed by atoms with E-state index in [4.69, 9.17) is 4.74 Å². The van der Waals surface area contributed by atoms with Crippen LogP contribution in [0, 0.1) is 5.92 Å². The van der Waals surface area contributed by atoms with Crippen LogP contribution in [0.1, 0.15) is 49.0 Å². The van der Waals surface area contributed by atoms with Crippen LogP contribution in [-0.4, -0.2) is 30.9 Å². The monoisotopic (exact) mass is 275 g/mol. The second-order valence-corrected chi connectivity index (χ2v) is 5.81. The molecule has 0 spiro atoms. The largest absolute Gasteiger partial charge is 0.494 e. The predicted molar refractivity (Wildman–Crippen MR) is 81.3 cm³/mol. The van der Waals surface area contributed by atoms with Gasteiger partial charge >= 0.3 is 0 Å². The topological polar surface area (TPSA) is 29.5 Å². The fourth-order valence-corrected chi connectivity index (χ4v) is 2.69. The van der Waals surface area contributed by atoms with Gasteiger partial charge in [0.25, 0.3) is 0 Å². The van der Waals surface area contributed by atoms with Gasteiger partial charge in [0.2, 0.25) is 0 Å². The van der Waals surface area contributed by atoms with Gasteiger partial charge in [-0.3, -0.25) is 4.79 Å². The van der Waals surface area contributed by atoms with E-state index in [-0.39, 0.29) is 5.78 Å². The van der Waals surface area contributed by atoms with E-state index < -0.39 is 0 Å². The number of carbonyl (C=O) groups is 1. The summed E-state index contributed by atoms with van der Waals surface area (Å²) in [5, 5.41) is 0. The Morgan fingerprint density at radius 3 is 2.70 bits per heavy atom. The van der Waals surface area contributed by atoms with Gasteiger partial charge in [-0.25, -0.2) is 0 Å². The molecule has 0 aromatic heterocycles. The molecule has 1 aliphatic rings. The fraction of sp³-hybridized carbons (Fsp3) is 0.588. The van der Waals surface area contributed by atoms with Crippen molar-refractivity contribution in [2.45, 2.75) is 39.7 Å². The normalized spacial score (nSPS) is 15.2. The second-order valence-electron chi connectivity index (χ2n) is 5.81. The lowest BCUT2D eigenvalue weighted by atomic mass is 9.85. The van der Waals surface area contributed by atoms with Crippen LogP contribution in [0.3, 0.4) is 0 Å². The minimum absolute atomic E-state index is 0.107. The van der Waals surface area contributed by atoms with E-state index in [1.807, 2.05) is 25.1 Å². The molecule has 1 aromatic rings. The molecule has 3 nitrogen and oxygen atoms in total. The van der Waals surface area contributed by atoms with Crippen LogP contribution in [-0.2, 0) is 6.54 Å². The maximum atomic E-state index is 11.5. The Labute approximate surface area is 121 Å². The van der Waals surface area contributed by atoms with Crippen molar-refractivity contribution in [2.24, 2.45) is 5.92 Å². The molecular weight excluding hydrogens is 250 g/mol. The molecule has 0 N–H and O–H groups in total. The van der Waals surface area contributed by atoms with Gasteiger partial charge < -0.3 is 9.64 Å². The summed E-state index contributed by atoms with van der Waals surface area (Å²) in [7, 11) is 2.15. The first-order chi connectivity index (χ1) is 9.60. The Morgan fingerprint density at radius 1 is 1.40 bits per heavy atom. The highest BCUT2D eigenvalue weighted by molar-refractivity contribution is 5.94. The summed E-state index contributed by atoms with van der Waals surface area (Å²) in [6.07, 6.45) is 4.09. The van der Waals surface area contributed by atoms with Crippen molar-refractivity contribution in [3.63, 3.8) is 0 Å². The Morgan fingerprint density at radius 2 is 2.15 bits per heavy atom. The Bertz CT molecular complexity index is 466. The number of nitrogens with zero attached hydrogens (tertiary/aromatic N) is 1. The fourth-order valence-electron chi connectivity index (χ4n) is 2.69. The molecule has 0 radical (unpaired) electrons. The van der Waals surface area contributed by atoms with Crippen molar-refractivity contribution in [1.82, 2.24) is 4.90 Å². The van der Waals surface area contributed by atoms with Crippen LogP contribution in [0.5, 0.6) is 5.75 Å². The van der Waals surface area contributed by atoms with Crippen molar-refractivity contribution in [1.29, 1.82) is 0 Å². The van der Waals surface area contributed by atoms with Crippen LogP contribution in [0.25, 0.3) is 0 Å². The molecule has 110 valence electrons. The highest BCUT2D eigenvalue weighted by atomic mass is 16.5. The van der Waals surface area contributed by atoms with E-state index in [0.29, 0.717) is 6.61 Å². The standard InChI is InChI=1S/C17H25NO2/c1-4-20-17-9-8-15(13(2)19)10-16(17)12-18(3)11-14-6-5-7-14/h8-10,14H,4-7,11-12H2,1-3H3. The van der Waals surface area contributed by atoms with E-state index in [2.05, 4.69) is 11.9 Å². The van der Waals surface area contributed by atoms with Crippen LogP contribution in [0.2, 0.25) is 0 Å². The molecule has 20 heavy (non-hydrogen) atoms. The SMILES string of the molecule is CCOc1ccc(C(C)=O)cc1CN(C)CC1CCC1. The molecule has 0 amide bonds. The highest BCUT2D eigenvalue weighted by Gasteiger charge is 2.19. The molecule has 0 unspecified atom stereocenters. The van der Waals surface area contributed by atoms with Gasteiger partial charge in [0, 0.05) is 24.2 Å². The average molecular weight is 275 g/mol. The zero-order chi connectivity index (χ0) is 14.5. The molecule has 0 atom stereocenters. The molecule has 0 saturated heterocycles. The smallest absolute Gasteiger partial charge is 0.159 e. The summed E-state index contributed by atoms with van der Waals surface area (Å²) in [5.74, 6) is 1.86. The van der Waals surface area contributed by atoms with E-state index >= 15 is 0 Å². The summed E-state index contributed by atoms with van der Waals surface area (Å²) in [6.45, 7) is 6.22. The Kier molecular flexibility index (Phi) is 5.18. The van der Waals surface area contributed by atoms with Crippen LogP contribution >= 0.6 is 0 Å². The minimum Gasteiger partial charge on any atom is -0.494 e. The van der Waals surface area contributed by atoms with Gasteiger partial charge in [-0.2, -0.15) is 0 Å². The van der Waals surface area contributed by atoms with Crippen molar-refractivity contribution in [2.75, 3.05) is 20.2 Å². The zero-order valence-corrected chi connectivity index (χ0v) is 12.8. The first kappa shape index (κ1) is 15.0. The van der Waals surface area contributed by atoms with Gasteiger partial charge in [0.05, 0.1) is 6.61 Å². The molecule has 0 bridgehead atoms. The number of Topliss-reactive ketones (excluding diaryl/α,β-unsaturated/α-hetero) is 1. The van der Waals surface area contributed by atoms with E-state index in [1.165, 1.54) is 19.3 Å². The third kappa shape index (κ3) is 3.83. The summed E-state index contributed by atoms with van der Waals surface area (Å²) < 4.78 is 5.68. The van der Waals surface area contributed by atoms with Gasteiger partial charge in [-0.1, -0.05) is 6.42 Å². The lowest BCUT2D eigenvalue weighted by Gasteiger charge is -2.30. The molecule has 1 saturated carbocycles. The van der Waals surface area contributed by atoms with Crippen molar-refractivity contribution in [3.05, 3.63) is 29.3 Å². The number of hydrogen-bond donors (Lipinski definition) is 0. The quantitative estimate of drug-likeness (QED) is 0.713. The molecular formula is C17H25NO2. The van der Waals surface area contributed by atoms with Crippen molar-refractivity contribution in [3.8, 4) is 5.75 Å². The summed E-state index contributed by atoms with van der Waals surface area (Å²) in [6, 6.07) is 5.75. The molecule has 1 aromatic carbocycles. The predicted octanol–water partition coefficient (Wildman–Crippen LogP) is 3.52. The summed E-state index contributed by atoms with van der Waals surface area (Å²) >= 11 is 0. The molecule has 1 fully saturated rings. The van der Waals surface area contributed by atoms with Crippen LogP contribution < -0.4 is 4.74 Å². The lowest BCUT2D eigenvalue weighted by molar-refractivity contribution is 0.101. The van der Waals surface area contributed by atoms with Gasteiger partial charge in [0.15, 0.2) is 5.78 Å². The maximum absolute atomic E-state index is 11.5. The Hall–Kier alpha value is -1.35. The first-order valence-electron chi connectivity index (χ1n) is 7.55. The molecule has 2 rings (SSSR count). The van der Waals surface area contributed by atoms with Crippen LogP contribution in [0.15, 0.2) is 18.2 Å². The Balaban J connectivity index is 2.09. The molecule has 3 heteroatoms. The van der Waals surface area contributed by atoms with E-state index in [0.717, 1.165) is 35.9 Å². The number of benzene rings is 1. The number of rotatable bonds is 7. The number of ether oxygens (including phenoxy) is 1. The maximum Gasteiger partial charge on any atom is 0.159 e. The van der Waals surface area contributed by atoms with Crippen LogP contribution in [0.4, 0.5) is 0 Å². The number of hydrogen-bond acceptors (Lipinski definition) is 3. The zero-order valence-electron chi connectivity index (χ0n) is 12.8. The minimum atomic E-state index is 0.107. The number of ketones is 1. The highest BCUT2D eigenvalue weighted by Crippen LogP contribution is 2.28. The average Bonchev–Trinajstić information content (AvgIpc) is 2.36. The van der Waals surface area contributed by atoms with Gasteiger partial charge in [0.1, 0.15) is 5.75 Å². The third-order valence-corrected chi connectivity index (χ3v) is 4.00. The first-order valence-corrected chi connectivity index (χ1v) is 7.55. The lowest BCUT2D eigenvalue weighted by Crippen LogP contribution is -2.29. The van der Waals surface area contributed by atoms with Crippen molar-refractivity contribution < 1.29 is 9.53 Å². The van der Waals surface area contributed by atoms with Crippen molar-refractivity contribution >= 4 is 5.78 Å². The molecule has 0 aliphatic heterocycles. The molecule has 1 aliphatic carbocycles. The second kappa shape index (κ2) is 6.89. The van der Waals surface area contributed by atoms with Gasteiger partial charge in [-0.15, -0.1) is 0 Å². The number of carbonyl (C=O) groups excluding carboxylic acids is 1. The van der Waals surface area contributed by atoms with E-state index in [9.17, 15) is 4.79 Å².